The zero-order chi connectivity index (χ0) is 19.6. The van der Waals surface area contributed by atoms with Gasteiger partial charge in [0, 0.05) is 31.2 Å². The SMILES string of the molecule is CCOc1c(F)cccc1S(=O)NC(=O)c1cc2ccc(N(C)C)cc2o1. The number of fused-ring (bicyclic) bond motifs is 1. The Labute approximate surface area is 158 Å². The molecule has 1 unspecified atom stereocenters. The summed E-state index contributed by atoms with van der Waals surface area (Å²) in [5.74, 6) is -1.43. The fraction of sp³-hybridized carbons (Fsp3) is 0.211. The van der Waals surface area contributed by atoms with E-state index in [0.717, 1.165) is 11.1 Å². The molecule has 142 valence electrons. The lowest BCUT2D eigenvalue weighted by Gasteiger charge is -2.11. The predicted octanol–water partition coefficient (Wildman–Crippen LogP) is 3.49. The van der Waals surface area contributed by atoms with E-state index in [1.165, 1.54) is 18.2 Å². The van der Waals surface area contributed by atoms with Gasteiger partial charge in [-0.25, -0.2) is 8.60 Å². The van der Waals surface area contributed by atoms with Gasteiger partial charge in [-0.2, -0.15) is 0 Å². The number of para-hydroxylation sites is 1. The van der Waals surface area contributed by atoms with E-state index in [1.807, 2.05) is 37.2 Å². The smallest absolute Gasteiger partial charge is 0.298 e. The van der Waals surface area contributed by atoms with Crippen molar-refractivity contribution in [2.24, 2.45) is 0 Å². The largest absolute Gasteiger partial charge is 0.489 e. The molecule has 0 spiro atoms. The zero-order valence-corrected chi connectivity index (χ0v) is 15.9. The van der Waals surface area contributed by atoms with E-state index in [9.17, 15) is 13.4 Å². The third-order valence-corrected chi connectivity index (χ3v) is 4.94. The molecule has 1 heterocycles. The number of benzene rings is 2. The molecule has 6 nitrogen and oxygen atoms in total. The van der Waals surface area contributed by atoms with Gasteiger partial charge in [0.15, 0.2) is 28.3 Å². The fourth-order valence-electron chi connectivity index (χ4n) is 2.52. The van der Waals surface area contributed by atoms with Gasteiger partial charge in [0.05, 0.1) is 6.61 Å². The van der Waals surface area contributed by atoms with Crippen LogP contribution < -0.4 is 14.4 Å². The van der Waals surface area contributed by atoms with E-state index in [2.05, 4.69) is 4.72 Å². The van der Waals surface area contributed by atoms with Crippen LogP contribution in [-0.2, 0) is 11.0 Å². The number of hydrogen-bond acceptors (Lipinski definition) is 5. The van der Waals surface area contributed by atoms with Crippen molar-refractivity contribution in [3.05, 3.63) is 54.0 Å². The maximum Gasteiger partial charge on any atom is 0.298 e. The summed E-state index contributed by atoms with van der Waals surface area (Å²) in [5.41, 5.74) is 1.46. The molecule has 2 aromatic carbocycles. The third kappa shape index (κ3) is 3.95. The second kappa shape index (κ2) is 7.79. The van der Waals surface area contributed by atoms with Crippen LogP contribution in [0.3, 0.4) is 0 Å². The number of nitrogens with zero attached hydrogens (tertiary/aromatic N) is 1. The Hall–Kier alpha value is -2.87. The van der Waals surface area contributed by atoms with E-state index >= 15 is 0 Å². The molecule has 0 aliphatic carbocycles. The first-order valence-corrected chi connectivity index (χ1v) is 9.40. The molecule has 27 heavy (non-hydrogen) atoms. The lowest BCUT2D eigenvalue weighted by atomic mass is 10.2. The van der Waals surface area contributed by atoms with Crippen molar-refractivity contribution in [1.29, 1.82) is 0 Å². The molecule has 0 saturated carbocycles. The Kier molecular flexibility index (Phi) is 5.46. The number of ether oxygens (including phenoxy) is 1. The van der Waals surface area contributed by atoms with Gasteiger partial charge >= 0.3 is 0 Å². The molecule has 8 heteroatoms. The van der Waals surface area contributed by atoms with Crippen molar-refractivity contribution in [2.75, 3.05) is 25.6 Å². The quantitative estimate of drug-likeness (QED) is 0.698. The van der Waals surface area contributed by atoms with Crippen LogP contribution in [0.4, 0.5) is 10.1 Å². The van der Waals surface area contributed by atoms with Crippen molar-refractivity contribution in [2.45, 2.75) is 11.8 Å². The second-order valence-electron chi connectivity index (χ2n) is 5.93. The minimum atomic E-state index is -2.00. The average Bonchev–Trinajstić information content (AvgIpc) is 3.06. The number of carbonyl (C=O) groups is 1. The number of nitrogens with one attached hydrogen (secondary N) is 1. The monoisotopic (exact) mass is 390 g/mol. The Morgan fingerprint density at radius 3 is 2.74 bits per heavy atom. The Bertz CT molecular complexity index is 1020. The molecule has 0 fully saturated rings. The number of carbonyl (C=O) groups excluding carboxylic acids is 1. The third-order valence-electron chi connectivity index (χ3n) is 3.85. The molecule has 0 saturated heterocycles. The molecule has 0 aliphatic rings. The van der Waals surface area contributed by atoms with E-state index in [0.29, 0.717) is 5.58 Å². The van der Waals surface area contributed by atoms with Crippen LogP contribution in [0.2, 0.25) is 0 Å². The van der Waals surface area contributed by atoms with E-state index in [1.54, 1.807) is 13.0 Å². The number of halogens is 1. The van der Waals surface area contributed by atoms with Crippen molar-refractivity contribution in [3.63, 3.8) is 0 Å². The molecule has 0 radical (unpaired) electrons. The predicted molar refractivity (Wildman–Crippen MR) is 102 cm³/mol. The lowest BCUT2D eigenvalue weighted by molar-refractivity contribution is 0.0958. The van der Waals surface area contributed by atoms with Gasteiger partial charge in [0.2, 0.25) is 0 Å². The molecular weight excluding hydrogens is 371 g/mol. The zero-order valence-electron chi connectivity index (χ0n) is 15.1. The Morgan fingerprint density at radius 1 is 1.26 bits per heavy atom. The van der Waals surface area contributed by atoms with E-state index in [4.69, 9.17) is 9.15 Å². The van der Waals surface area contributed by atoms with Gasteiger partial charge in [0.1, 0.15) is 10.5 Å². The summed E-state index contributed by atoms with van der Waals surface area (Å²) in [5, 5.41) is 0.747. The molecular formula is C19H19FN2O4S. The number of anilines is 1. The summed E-state index contributed by atoms with van der Waals surface area (Å²) in [7, 11) is 1.79. The highest BCUT2D eigenvalue weighted by Gasteiger charge is 2.20. The van der Waals surface area contributed by atoms with E-state index in [-0.39, 0.29) is 23.0 Å². The topological polar surface area (TPSA) is 71.8 Å². The minimum Gasteiger partial charge on any atom is -0.489 e. The second-order valence-corrected chi connectivity index (χ2v) is 7.11. The lowest BCUT2D eigenvalue weighted by Crippen LogP contribution is -2.25. The summed E-state index contributed by atoms with van der Waals surface area (Å²) in [6, 6.07) is 11.2. The first kappa shape index (κ1) is 18.9. The van der Waals surface area contributed by atoms with Gasteiger partial charge in [0.25, 0.3) is 5.91 Å². The number of amides is 1. The van der Waals surface area contributed by atoms with Gasteiger partial charge in [-0.1, -0.05) is 6.07 Å². The molecule has 0 aliphatic heterocycles. The Morgan fingerprint density at radius 2 is 2.04 bits per heavy atom. The highest BCUT2D eigenvalue weighted by Crippen LogP contribution is 2.27. The first-order valence-electron chi connectivity index (χ1n) is 8.25. The maximum atomic E-state index is 13.9. The molecule has 1 atom stereocenters. The van der Waals surface area contributed by atoms with Gasteiger partial charge in [-0.15, -0.1) is 0 Å². The summed E-state index contributed by atoms with van der Waals surface area (Å²) < 4.78 is 39.5. The molecule has 1 N–H and O–H groups in total. The van der Waals surface area contributed by atoms with Crippen LogP contribution in [0.1, 0.15) is 17.5 Å². The fourth-order valence-corrected chi connectivity index (χ4v) is 3.42. The highest BCUT2D eigenvalue weighted by molar-refractivity contribution is 7.83. The van der Waals surface area contributed by atoms with Crippen LogP contribution in [0.25, 0.3) is 11.0 Å². The van der Waals surface area contributed by atoms with Crippen molar-refractivity contribution in [1.82, 2.24) is 4.72 Å². The maximum absolute atomic E-state index is 13.9. The van der Waals surface area contributed by atoms with Crippen LogP contribution in [0.5, 0.6) is 5.75 Å². The summed E-state index contributed by atoms with van der Waals surface area (Å²) in [6.07, 6.45) is 0. The number of rotatable bonds is 6. The molecule has 0 bridgehead atoms. The summed E-state index contributed by atoms with van der Waals surface area (Å²) in [6.45, 7) is 1.89. The number of furan rings is 1. The van der Waals surface area contributed by atoms with Crippen LogP contribution in [-0.4, -0.2) is 30.8 Å². The Balaban J connectivity index is 1.84. The van der Waals surface area contributed by atoms with Gasteiger partial charge in [-0.3, -0.25) is 9.52 Å². The van der Waals surface area contributed by atoms with Crippen LogP contribution >= 0.6 is 0 Å². The highest BCUT2D eigenvalue weighted by atomic mass is 32.2. The molecule has 3 aromatic rings. The van der Waals surface area contributed by atoms with E-state index < -0.39 is 22.7 Å². The average molecular weight is 390 g/mol. The molecule has 1 amide bonds. The van der Waals surface area contributed by atoms with Crippen LogP contribution in [0.15, 0.2) is 51.8 Å². The summed E-state index contributed by atoms with van der Waals surface area (Å²) in [4.78, 5) is 14.4. The van der Waals surface area contributed by atoms with Gasteiger partial charge < -0.3 is 14.1 Å². The van der Waals surface area contributed by atoms with Crippen molar-refractivity contribution in [3.8, 4) is 5.75 Å². The standard InChI is InChI=1S/C19H19FN2O4S/c1-4-25-18-14(20)6-5-7-17(18)27(24)21-19(23)16-10-12-8-9-13(22(2)3)11-15(12)26-16/h5-11H,4H2,1-3H3,(H,21,23). The van der Waals surface area contributed by atoms with Crippen molar-refractivity contribution < 1.29 is 22.5 Å². The summed E-state index contributed by atoms with van der Waals surface area (Å²) >= 11 is 0. The number of hydrogen-bond donors (Lipinski definition) is 1. The minimum absolute atomic E-state index is 0.0172. The van der Waals surface area contributed by atoms with Crippen LogP contribution in [0, 0.1) is 5.82 Å². The molecule has 1 aromatic heterocycles. The normalized spacial score (nSPS) is 12.0. The first-order chi connectivity index (χ1) is 12.9. The molecule has 3 rings (SSSR count). The van der Waals surface area contributed by atoms with Gasteiger partial charge in [-0.05, 0) is 37.3 Å². The van der Waals surface area contributed by atoms with Crippen molar-refractivity contribution >= 4 is 33.5 Å².